The number of methoxy groups -OCH3 is 1. The second-order valence-electron chi connectivity index (χ2n) is 23.0. The van der Waals surface area contributed by atoms with Crippen LogP contribution in [0.15, 0.2) is 24.3 Å². The van der Waals surface area contributed by atoms with Gasteiger partial charge in [-0.3, -0.25) is 43.2 Å². The normalized spacial score (nSPS) is 27.7. The maximum absolute atomic E-state index is 15.0. The average molecular weight is 1110 g/mol. The number of carbonyl (C=O) groups excluding carboxylic acids is 10. The predicted molar refractivity (Wildman–Crippen MR) is 290 cm³/mol. The van der Waals surface area contributed by atoms with Gasteiger partial charge in [-0.1, -0.05) is 73.9 Å². The number of amides is 7. The number of benzene rings is 1. The second kappa shape index (κ2) is 29.3. The van der Waals surface area contributed by atoms with Crippen molar-refractivity contribution in [2.75, 3.05) is 34.3 Å². The fourth-order valence-electron chi connectivity index (χ4n) is 10.5. The van der Waals surface area contributed by atoms with Gasteiger partial charge in [0.2, 0.25) is 35.4 Å². The van der Waals surface area contributed by atoms with E-state index < -0.39 is 150 Å². The number of likely N-dealkylation sites (tertiary alicyclic amines) is 1. The Morgan fingerprint density at radius 1 is 0.861 bits per heavy atom. The third kappa shape index (κ3) is 16.9. The number of carbonyl (C=O) groups is 10. The third-order valence-corrected chi connectivity index (χ3v) is 15.5. The summed E-state index contributed by atoms with van der Waals surface area (Å²) < 4.78 is 17.2. The predicted octanol–water partition coefficient (Wildman–Crippen LogP) is 2.32. The van der Waals surface area contributed by atoms with Gasteiger partial charge in [-0.15, -0.1) is 0 Å². The van der Waals surface area contributed by atoms with Crippen molar-refractivity contribution in [1.29, 1.82) is 0 Å². The highest BCUT2D eigenvalue weighted by Crippen LogP contribution is 2.27. The standard InChI is InChI=1S/C57H89N7O15/c1-15-33(8)46-44(66)29-45(67)79-49(32(6)7)48(68)34(9)50(69)58-39(26-30(2)3)54(73)64-25-17-19-41(64)56(75)62(13)43(28-37-20-22-38(77-14)23-21-37)57(76)78-36(11)47(52(71)59-46)60-51(70)42(27-31(4)5)61(12)55(74)40-18-16-24-63(40)53(72)35(10)65/h20-23,30-36,39-44,46-47,49,65-66H,15-19,24-29H2,1-14H3,(H,58,69)(H,59,71)(H,60,70)/t33?,34?,35-,36+,39-,40+,41+,42+,43+,44?,46?,47+,49?/m1/s1. The lowest BCUT2D eigenvalue weighted by Crippen LogP contribution is -2.62. The van der Waals surface area contributed by atoms with Gasteiger partial charge in [0.15, 0.2) is 11.9 Å². The summed E-state index contributed by atoms with van der Waals surface area (Å²) in [6.45, 7) is 18.4. The maximum atomic E-state index is 15.0. The summed E-state index contributed by atoms with van der Waals surface area (Å²) >= 11 is 0. The number of nitrogens with one attached hydrogen (secondary N) is 3. The molecular formula is C57H89N7O15. The van der Waals surface area contributed by atoms with Gasteiger partial charge in [0.05, 0.1) is 31.6 Å². The quantitative estimate of drug-likeness (QED) is 0.124. The molecule has 0 aromatic heterocycles. The molecule has 22 nitrogen and oxygen atoms in total. The minimum Gasteiger partial charge on any atom is -0.497 e. The van der Waals surface area contributed by atoms with E-state index in [-0.39, 0.29) is 57.0 Å². The maximum Gasteiger partial charge on any atom is 0.329 e. The molecule has 13 atom stereocenters. The Labute approximate surface area is 465 Å². The van der Waals surface area contributed by atoms with Gasteiger partial charge in [-0.25, -0.2) is 4.79 Å². The van der Waals surface area contributed by atoms with Gasteiger partial charge in [0.1, 0.15) is 54.2 Å². The number of ketones is 1. The Balaban J connectivity index is 1.89. The molecule has 7 amide bonds. The second-order valence-corrected chi connectivity index (χ2v) is 23.0. The van der Waals surface area contributed by atoms with E-state index in [4.69, 9.17) is 14.2 Å². The molecule has 5 N–H and O–H groups in total. The topological polar surface area (TPSA) is 288 Å². The summed E-state index contributed by atoms with van der Waals surface area (Å²) in [6, 6.07) is -2.19. The van der Waals surface area contributed by atoms with Crippen LogP contribution in [0.4, 0.5) is 0 Å². The zero-order valence-corrected chi connectivity index (χ0v) is 48.8. The highest BCUT2D eigenvalue weighted by atomic mass is 16.6. The van der Waals surface area contributed by atoms with Crippen LogP contribution >= 0.6 is 0 Å². The molecule has 4 rings (SSSR count). The van der Waals surface area contributed by atoms with Crippen molar-refractivity contribution in [3.63, 3.8) is 0 Å². The molecular weight excluding hydrogens is 1020 g/mol. The van der Waals surface area contributed by atoms with Gasteiger partial charge >= 0.3 is 11.9 Å². The van der Waals surface area contributed by atoms with Crippen LogP contribution in [0.5, 0.6) is 5.75 Å². The van der Waals surface area contributed by atoms with Crippen LogP contribution in [0.2, 0.25) is 0 Å². The number of esters is 2. The molecule has 22 heteroatoms. The van der Waals surface area contributed by atoms with E-state index in [0.717, 1.165) is 0 Å². The number of fused-ring (bicyclic) bond motifs is 1. The Morgan fingerprint density at radius 2 is 1.49 bits per heavy atom. The Morgan fingerprint density at radius 3 is 2.06 bits per heavy atom. The number of ether oxygens (including phenoxy) is 3. The van der Waals surface area contributed by atoms with Crippen LogP contribution in [0.1, 0.15) is 133 Å². The third-order valence-electron chi connectivity index (χ3n) is 15.5. The van der Waals surface area contributed by atoms with Crippen LogP contribution < -0.4 is 20.7 Å². The summed E-state index contributed by atoms with van der Waals surface area (Å²) in [6.07, 6.45) is -4.99. The van der Waals surface area contributed by atoms with Crippen molar-refractivity contribution in [2.45, 2.75) is 201 Å². The van der Waals surface area contributed by atoms with Crippen LogP contribution in [0.3, 0.4) is 0 Å². The molecule has 79 heavy (non-hydrogen) atoms. The zero-order chi connectivity index (χ0) is 59.3. The van der Waals surface area contributed by atoms with Crippen LogP contribution in [0.25, 0.3) is 0 Å². The number of likely N-dealkylation sites (N-methyl/N-ethyl adjacent to an activating group) is 2. The number of hydrogen-bond acceptors (Lipinski definition) is 15. The molecule has 5 unspecified atom stereocenters. The summed E-state index contributed by atoms with van der Waals surface area (Å²) in [4.78, 5) is 149. The number of Topliss-reactive ketones (excluding diaryl/α,β-unsaturated/α-hetero) is 1. The van der Waals surface area contributed by atoms with Gasteiger partial charge < -0.3 is 60.0 Å². The number of cyclic esters (lactones) is 2. The monoisotopic (exact) mass is 1110 g/mol. The van der Waals surface area contributed by atoms with Gasteiger partial charge in [-0.2, -0.15) is 0 Å². The molecule has 3 aliphatic rings. The molecule has 1 aromatic rings. The van der Waals surface area contributed by atoms with Crippen molar-refractivity contribution in [3.05, 3.63) is 29.8 Å². The van der Waals surface area contributed by atoms with Crippen molar-refractivity contribution in [1.82, 2.24) is 35.6 Å². The fraction of sp³-hybridized carbons (Fsp3) is 0.719. The van der Waals surface area contributed by atoms with E-state index in [1.165, 1.54) is 61.6 Å². The van der Waals surface area contributed by atoms with Crippen LogP contribution in [-0.4, -0.2) is 190 Å². The van der Waals surface area contributed by atoms with Crippen molar-refractivity contribution < 1.29 is 72.4 Å². The number of rotatable bonds is 15. The van der Waals surface area contributed by atoms with E-state index in [9.17, 15) is 53.4 Å². The first-order valence-corrected chi connectivity index (χ1v) is 28.0. The van der Waals surface area contributed by atoms with E-state index in [1.807, 2.05) is 27.7 Å². The molecule has 442 valence electrons. The van der Waals surface area contributed by atoms with Crippen LogP contribution in [0, 0.1) is 29.6 Å². The van der Waals surface area contributed by atoms with E-state index in [0.29, 0.717) is 30.6 Å². The van der Waals surface area contributed by atoms with Gasteiger partial charge in [0, 0.05) is 33.6 Å². The zero-order valence-electron chi connectivity index (χ0n) is 48.8. The number of nitrogens with zero attached hydrogens (tertiary/aromatic N) is 4. The summed E-state index contributed by atoms with van der Waals surface area (Å²) in [5, 5.41) is 30.2. The molecule has 3 aliphatic heterocycles. The molecule has 0 spiro atoms. The van der Waals surface area contributed by atoms with E-state index in [1.54, 1.807) is 52.0 Å². The molecule has 3 saturated heterocycles. The van der Waals surface area contributed by atoms with Gasteiger partial charge in [-0.05, 0) is 101 Å². The van der Waals surface area contributed by atoms with Crippen LogP contribution in [-0.2, 0) is 63.8 Å². The Kier molecular flexibility index (Phi) is 24.3. The molecule has 3 fully saturated rings. The fourth-order valence-corrected chi connectivity index (χ4v) is 10.5. The van der Waals surface area contributed by atoms with E-state index in [2.05, 4.69) is 16.0 Å². The summed E-state index contributed by atoms with van der Waals surface area (Å²) in [5.41, 5.74) is 0.571. The smallest absolute Gasteiger partial charge is 0.329 e. The Hall–Kier alpha value is -6.16. The minimum absolute atomic E-state index is 0.0720. The number of hydrogen-bond donors (Lipinski definition) is 5. The van der Waals surface area contributed by atoms with Crippen molar-refractivity contribution in [2.24, 2.45) is 29.6 Å². The molecule has 1 aromatic carbocycles. The molecule has 3 heterocycles. The number of aliphatic hydroxyl groups excluding tert-OH is 2. The lowest BCUT2D eigenvalue weighted by atomic mass is 9.91. The lowest BCUT2D eigenvalue weighted by molar-refractivity contribution is -0.163. The highest BCUT2D eigenvalue weighted by molar-refractivity contribution is 6.05. The first kappa shape index (κ1) is 65.4. The molecule has 0 radical (unpaired) electrons. The first-order chi connectivity index (χ1) is 37.0. The van der Waals surface area contributed by atoms with Crippen molar-refractivity contribution >= 4 is 59.1 Å². The SMILES string of the molecule is CCC(C)C1NC(=O)[C@@H](NC(=O)[C@H](CC(C)C)N(C)C(=O)[C@@H]2CCCN2C(=O)[C@@H](C)O)[C@H](C)OC(=O)[C@H](Cc2ccc(OC)cc2)N(C)C(=O)[C@@H]2CCCN2C(=O)[C@@H](CC(C)C)NC(=O)C(C)C(=O)C(C(C)C)OC(=O)CC1O. The summed E-state index contributed by atoms with van der Waals surface area (Å²) in [7, 11) is 4.29. The Bertz CT molecular complexity index is 2330. The summed E-state index contributed by atoms with van der Waals surface area (Å²) in [5.74, 6) is -10.3. The largest absolute Gasteiger partial charge is 0.497 e. The molecule has 0 aliphatic carbocycles. The molecule has 0 bridgehead atoms. The van der Waals surface area contributed by atoms with Gasteiger partial charge in [0.25, 0.3) is 5.91 Å². The van der Waals surface area contributed by atoms with E-state index >= 15 is 4.79 Å². The highest BCUT2D eigenvalue weighted by Gasteiger charge is 2.46. The first-order valence-electron chi connectivity index (χ1n) is 28.0. The average Bonchev–Trinajstić information content (AvgIpc) is 4.13. The number of aliphatic hydroxyl groups is 2. The molecule has 0 saturated carbocycles. The van der Waals surface area contributed by atoms with Crippen molar-refractivity contribution in [3.8, 4) is 5.75 Å². The minimum atomic E-state index is -1.76. The lowest BCUT2D eigenvalue weighted by Gasteiger charge is -2.36.